The van der Waals surface area contributed by atoms with Crippen molar-refractivity contribution in [1.82, 2.24) is 9.62 Å². The highest BCUT2D eigenvalue weighted by molar-refractivity contribution is 7.89. The van der Waals surface area contributed by atoms with E-state index in [1.807, 2.05) is 13.0 Å². The Labute approximate surface area is 181 Å². The Hall–Kier alpha value is -2.42. The third-order valence-corrected chi connectivity index (χ3v) is 7.28. The largest absolute Gasteiger partial charge is 0.351 e. The van der Waals surface area contributed by atoms with Crippen LogP contribution in [0, 0.1) is 0 Å². The van der Waals surface area contributed by atoms with Crippen LogP contribution in [-0.4, -0.2) is 44.2 Å². The van der Waals surface area contributed by atoms with E-state index in [1.54, 1.807) is 35.2 Å². The maximum Gasteiger partial charge on any atom is 0.243 e. The Morgan fingerprint density at radius 1 is 1.23 bits per heavy atom. The second kappa shape index (κ2) is 8.75. The predicted octanol–water partition coefficient (Wildman–Crippen LogP) is 2.57. The highest BCUT2D eigenvalue weighted by atomic mass is 35.5. The molecular weight excluding hydrogens is 426 g/mol. The summed E-state index contributed by atoms with van der Waals surface area (Å²) in [4.78, 5) is 25.9. The Kier molecular flexibility index (Phi) is 6.50. The molecule has 3 rings (SSSR count). The molecule has 0 radical (unpaired) electrons. The first-order chi connectivity index (χ1) is 14.1. The number of fused-ring (bicyclic) bond motifs is 1. The van der Waals surface area contributed by atoms with Crippen LogP contribution in [0.4, 0.5) is 5.69 Å². The lowest BCUT2D eigenvalue weighted by Crippen LogP contribution is -2.38. The maximum absolute atomic E-state index is 12.9. The van der Waals surface area contributed by atoms with Crippen molar-refractivity contribution >= 4 is 39.1 Å². The van der Waals surface area contributed by atoms with Gasteiger partial charge in [-0.25, -0.2) is 8.42 Å². The molecule has 1 aliphatic heterocycles. The lowest BCUT2D eigenvalue weighted by Gasteiger charge is -2.21. The molecule has 2 aromatic carbocycles. The number of likely N-dealkylation sites (N-methyl/N-ethyl adjacent to an activating group) is 1. The summed E-state index contributed by atoms with van der Waals surface area (Å²) < 4.78 is 26.9. The fourth-order valence-electron chi connectivity index (χ4n) is 3.61. The van der Waals surface area contributed by atoms with Gasteiger partial charge >= 0.3 is 0 Å². The molecular formula is C21H24ClN3O4S. The molecule has 0 bridgehead atoms. The highest BCUT2D eigenvalue weighted by Gasteiger charge is 2.31. The molecule has 0 fully saturated rings. The Morgan fingerprint density at radius 2 is 1.93 bits per heavy atom. The van der Waals surface area contributed by atoms with E-state index in [-0.39, 0.29) is 29.9 Å². The van der Waals surface area contributed by atoms with Crippen molar-refractivity contribution in [2.24, 2.45) is 0 Å². The van der Waals surface area contributed by atoms with Gasteiger partial charge in [0.1, 0.15) is 0 Å². The number of sulfonamides is 1. The Balaban J connectivity index is 1.69. The zero-order chi connectivity index (χ0) is 22.1. The zero-order valence-electron chi connectivity index (χ0n) is 17.1. The maximum atomic E-state index is 12.9. The van der Waals surface area contributed by atoms with E-state index in [2.05, 4.69) is 5.32 Å². The number of hydrogen-bond acceptors (Lipinski definition) is 4. The summed E-state index contributed by atoms with van der Waals surface area (Å²) in [6.45, 7) is 3.31. The molecule has 7 nitrogen and oxygen atoms in total. The van der Waals surface area contributed by atoms with E-state index >= 15 is 0 Å². The van der Waals surface area contributed by atoms with Crippen LogP contribution in [0.1, 0.15) is 25.0 Å². The normalized spacial score (nSPS) is 15.9. The van der Waals surface area contributed by atoms with Crippen LogP contribution >= 0.6 is 11.6 Å². The molecule has 0 spiro atoms. The average molecular weight is 450 g/mol. The van der Waals surface area contributed by atoms with Crippen molar-refractivity contribution in [3.05, 3.63) is 58.6 Å². The van der Waals surface area contributed by atoms with Crippen molar-refractivity contribution < 1.29 is 18.0 Å². The molecule has 1 N–H and O–H groups in total. The van der Waals surface area contributed by atoms with Crippen molar-refractivity contribution in [3.63, 3.8) is 0 Å². The first-order valence-corrected chi connectivity index (χ1v) is 11.3. The van der Waals surface area contributed by atoms with Crippen LogP contribution in [0.2, 0.25) is 5.02 Å². The van der Waals surface area contributed by atoms with Crippen molar-refractivity contribution in [2.45, 2.75) is 37.8 Å². The first kappa shape index (κ1) is 22.3. The molecule has 2 aromatic rings. The van der Waals surface area contributed by atoms with Gasteiger partial charge in [-0.15, -0.1) is 0 Å². The molecule has 1 aliphatic rings. The van der Waals surface area contributed by atoms with Gasteiger partial charge in [-0.05, 0) is 48.7 Å². The van der Waals surface area contributed by atoms with Crippen LogP contribution < -0.4 is 10.2 Å². The average Bonchev–Trinajstić information content (AvgIpc) is 3.02. The molecule has 9 heteroatoms. The number of anilines is 1. The molecule has 1 unspecified atom stereocenters. The lowest BCUT2D eigenvalue weighted by atomic mass is 10.1. The third-order valence-electron chi connectivity index (χ3n) is 5.11. The topological polar surface area (TPSA) is 86.8 Å². The number of amides is 2. The van der Waals surface area contributed by atoms with Crippen molar-refractivity contribution in [2.75, 3.05) is 18.5 Å². The van der Waals surface area contributed by atoms with Crippen molar-refractivity contribution in [1.29, 1.82) is 0 Å². The molecule has 1 atom stereocenters. The third kappa shape index (κ3) is 4.50. The van der Waals surface area contributed by atoms with E-state index in [1.165, 1.54) is 20.0 Å². The summed E-state index contributed by atoms with van der Waals surface area (Å²) in [5, 5.41) is 3.22. The van der Waals surface area contributed by atoms with Crippen LogP contribution in [0.25, 0.3) is 0 Å². The van der Waals surface area contributed by atoms with Gasteiger partial charge in [0.25, 0.3) is 0 Å². The number of halogens is 1. The van der Waals surface area contributed by atoms with Gasteiger partial charge < -0.3 is 10.2 Å². The molecule has 2 amide bonds. The number of carbonyl (C=O) groups is 2. The minimum atomic E-state index is -3.86. The SMILES string of the molecule is CC(=O)N1c2ccc(S(=O)(=O)N(C)CC(=O)NCc3ccccc3Cl)cc2CC1C. The Bertz CT molecular complexity index is 1090. The molecule has 160 valence electrons. The van der Waals surface area contributed by atoms with Crippen molar-refractivity contribution in [3.8, 4) is 0 Å². The van der Waals surface area contributed by atoms with Gasteiger partial charge in [-0.2, -0.15) is 4.31 Å². The van der Waals surface area contributed by atoms with Gasteiger partial charge in [0.05, 0.1) is 11.4 Å². The number of benzene rings is 2. The van der Waals surface area contributed by atoms with Gasteiger partial charge in [-0.3, -0.25) is 9.59 Å². The predicted molar refractivity (Wildman–Crippen MR) is 116 cm³/mol. The molecule has 1 heterocycles. The molecule has 0 aliphatic carbocycles. The van der Waals surface area contributed by atoms with E-state index in [0.29, 0.717) is 11.4 Å². The number of rotatable bonds is 6. The van der Waals surface area contributed by atoms with E-state index in [0.717, 1.165) is 21.1 Å². The van der Waals surface area contributed by atoms with Crippen LogP contribution in [0.15, 0.2) is 47.4 Å². The number of nitrogens with one attached hydrogen (secondary N) is 1. The summed E-state index contributed by atoms with van der Waals surface area (Å²) in [7, 11) is -2.50. The summed E-state index contributed by atoms with van der Waals surface area (Å²) >= 11 is 6.07. The standard InChI is InChI=1S/C21H24ClN3O4S/c1-14-10-17-11-18(8-9-20(17)25(14)15(2)26)30(28,29)24(3)13-21(27)23-12-16-6-4-5-7-19(16)22/h4-9,11,14H,10,12-13H2,1-3H3,(H,23,27). The van der Waals surface area contributed by atoms with Crippen LogP contribution in [0.5, 0.6) is 0 Å². The zero-order valence-corrected chi connectivity index (χ0v) is 18.6. The summed E-state index contributed by atoms with van der Waals surface area (Å²) in [5.41, 5.74) is 2.28. The van der Waals surface area contributed by atoms with Crippen LogP contribution in [-0.2, 0) is 32.6 Å². The first-order valence-electron chi connectivity index (χ1n) is 9.50. The number of carbonyl (C=O) groups excluding carboxylic acids is 2. The fraction of sp³-hybridized carbons (Fsp3) is 0.333. The summed E-state index contributed by atoms with van der Waals surface area (Å²) in [6.07, 6.45) is 0.584. The lowest BCUT2D eigenvalue weighted by molar-refractivity contribution is -0.121. The van der Waals surface area contributed by atoms with Crippen LogP contribution in [0.3, 0.4) is 0 Å². The fourth-order valence-corrected chi connectivity index (χ4v) is 4.99. The van der Waals surface area contributed by atoms with Gasteiger partial charge in [0, 0.05) is 37.3 Å². The van der Waals surface area contributed by atoms with Gasteiger partial charge in [0.15, 0.2) is 0 Å². The quantitative estimate of drug-likeness (QED) is 0.734. The molecule has 0 aromatic heterocycles. The number of hydrogen-bond donors (Lipinski definition) is 1. The summed E-state index contributed by atoms with van der Waals surface area (Å²) in [5.74, 6) is -0.511. The smallest absolute Gasteiger partial charge is 0.243 e. The van der Waals surface area contributed by atoms with E-state index in [9.17, 15) is 18.0 Å². The molecule has 0 saturated carbocycles. The second-order valence-electron chi connectivity index (χ2n) is 7.36. The van der Waals surface area contributed by atoms with E-state index < -0.39 is 15.9 Å². The Morgan fingerprint density at radius 3 is 2.60 bits per heavy atom. The highest BCUT2D eigenvalue weighted by Crippen LogP contribution is 2.34. The van der Waals surface area contributed by atoms with Gasteiger partial charge in [0.2, 0.25) is 21.8 Å². The minimum Gasteiger partial charge on any atom is -0.351 e. The molecule has 30 heavy (non-hydrogen) atoms. The second-order valence-corrected chi connectivity index (χ2v) is 9.81. The monoisotopic (exact) mass is 449 g/mol. The minimum absolute atomic E-state index is 0.0243. The summed E-state index contributed by atoms with van der Waals surface area (Å²) in [6, 6.07) is 11.8. The van der Waals surface area contributed by atoms with Gasteiger partial charge in [-0.1, -0.05) is 29.8 Å². The molecule has 0 saturated heterocycles. The number of nitrogens with zero attached hydrogens (tertiary/aromatic N) is 2. The van der Waals surface area contributed by atoms with E-state index in [4.69, 9.17) is 11.6 Å².